The highest BCUT2D eigenvalue weighted by Gasteiger charge is 2.31. The van der Waals surface area contributed by atoms with Gasteiger partial charge in [0.25, 0.3) is 0 Å². The van der Waals surface area contributed by atoms with Gasteiger partial charge in [-0.2, -0.15) is 0 Å². The standard InChI is InChI=1S/C17H28N4O3/c1-16(2,3)13(14(18)22)21-15(23)20-12-9-7-6-8-11(12)19-10-17(4,5)24/h6-9,13,19,24H,10H2,1-5H3,(H2,18,22)(H2,20,21,23)/t13-/m1/s1. The van der Waals surface area contributed by atoms with Crippen molar-refractivity contribution in [2.45, 2.75) is 46.3 Å². The Kier molecular flexibility index (Phi) is 6.20. The van der Waals surface area contributed by atoms with Gasteiger partial charge in [0.05, 0.1) is 17.0 Å². The first-order valence-electron chi connectivity index (χ1n) is 7.82. The zero-order chi connectivity index (χ0) is 18.5. The summed E-state index contributed by atoms with van der Waals surface area (Å²) in [6.45, 7) is 9.15. The van der Waals surface area contributed by atoms with Crippen LogP contribution >= 0.6 is 0 Å². The van der Waals surface area contributed by atoms with Gasteiger partial charge in [0.15, 0.2) is 0 Å². The van der Waals surface area contributed by atoms with Crippen molar-refractivity contribution in [1.82, 2.24) is 5.32 Å². The van der Waals surface area contributed by atoms with Gasteiger partial charge in [-0.05, 0) is 31.4 Å². The number of urea groups is 1. The van der Waals surface area contributed by atoms with Crippen molar-refractivity contribution in [1.29, 1.82) is 0 Å². The van der Waals surface area contributed by atoms with Crippen molar-refractivity contribution in [2.24, 2.45) is 11.1 Å². The molecule has 0 saturated heterocycles. The lowest BCUT2D eigenvalue weighted by atomic mass is 9.86. The third-order valence-corrected chi connectivity index (χ3v) is 3.31. The van der Waals surface area contributed by atoms with Crippen LogP contribution in [-0.2, 0) is 4.79 Å². The highest BCUT2D eigenvalue weighted by Crippen LogP contribution is 2.23. The minimum atomic E-state index is -0.890. The molecule has 3 amide bonds. The van der Waals surface area contributed by atoms with Crippen LogP contribution in [0.1, 0.15) is 34.6 Å². The first kappa shape index (κ1) is 19.8. The number of benzene rings is 1. The van der Waals surface area contributed by atoms with Gasteiger partial charge in [-0.15, -0.1) is 0 Å². The van der Waals surface area contributed by atoms with Crippen LogP contribution in [0.5, 0.6) is 0 Å². The molecule has 0 spiro atoms. The van der Waals surface area contributed by atoms with Crippen molar-refractivity contribution in [3.05, 3.63) is 24.3 Å². The number of para-hydroxylation sites is 2. The van der Waals surface area contributed by atoms with Crippen molar-refractivity contribution in [3.63, 3.8) is 0 Å². The number of amides is 3. The summed E-state index contributed by atoms with van der Waals surface area (Å²) in [5.74, 6) is -0.592. The van der Waals surface area contributed by atoms with Gasteiger partial charge >= 0.3 is 6.03 Å². The molecule has 7 heteroatoms. The van der Waals surface area contributed by atoms with E-state index in [1.54, 1.807) is 32.0 Å². The van der Waals surface area contributed by atoms with Crippen molar-refractivity contribution in [3.8, 4) is 0 Å². The largest absolute Gasteiger partial charge is 0.389 e. The Labute approximate surface area is 143 Å². The molecule has 0 fully saturated rings. The summed E-state index contributed by atoms with van der Waals surface area (Å²) < 4.78 is 0. The maximum absolute atomic E-state index is 12.2. The maximum atomic E-state index is 12.2. The highest BCUT2D eigenvalue weighted by atomic mass is 16.3. The summed E-state index contributed by atoms with van der Waals surface area (Å²) in [6.07, 6.45) is 0. The van der Waals surface area contributed by atoms with Crippen molar-refractivity contribution < 1.29 is 14.7 Å². The van der Waals surface area contributed by atoms with Gasteiger partial charge in [0.2, 0.25) is 5.91 Å². The minimum Gasteiger partial charge on any atom is -0.389 e. The minimum absolute atomic E-state index is 0.319. The molecule has 1 rings (SSSR count). The second-order valence-corrected chi connectivity index (χ2v) is 7.51. The zero-order valence-electron chi connectivity index (χ0n) is 14.9. The van der Waals surface area contributed by atoms with E-state index in [0.29, 0.717) is 17.9 Å². The molecule has 24 heavy (non-hydrogen) atoms. The molecule has 0 unspecified atom stereocenters. The van der Waals surface area contributed by atoms with Gasteiger partial charge < -0.3 is 26.8 Å². The SMILES string of the molecule is CC(C)(O)CNc1ccccc1NC(=O)N[C@H](C(N)=O)C(C)(C)C. The molecule has 0 bridgehead atoms. The quantitative estimate of drug-likeness (QED) is 0.545. The normalized spacial score (nSPS) is 13.1. The molecule has 1 atom stereocenters. The van der Waals surface area contributed by atoms with E-state index < -0.39 is 29.0 Å². The molecule has 0 heterocycles. The molecule has 1 aromatic rings. The number of nitrogens with two attached hydrogens (primary N) is 1. The number of hydrogen-bond acceptors (Lipinski definition) is 4. The average molecular weight is 336 g/mol. The number of primary amides is 1. The molecule has 134 valence electrons. The number of anilines is 2. The first-order valence-corrected chi connectivity index (χ1v) is 7.82. The van der Waals surface area contributed by atoms with Gasteiger partial charge in [0, 0.05) is 6.54 Å². The highest BCUT2D eigenvalue weighted by molar-refractivity contribution is 5.96. The second-order valence-electron chi connectivity index (χ2n) is 7.51. The fourth-order valence-corrected chi connectivity index (χ4v) is 2.06. The summed E-state index contributed by atoms with van der Waals surface area (Å²) in [5.41, 5.74) is 5.19. The topological polar surface area (TPSA) is 116 Å². The fraction of sp³-hybridized carbons (Fsp3) is 0.529. The van der Waals surface area contributed by atoms with Crippen LogP contribution in [0.4, 0.5) is 16.2 Å². The van der Waals surface area contributed by atoms with E-state index in [9.17, 15) is 14.7 Å². The second kappa shape index (κ2) is 7.53. The average Bonchev–Trinajstić information content (AvgIpc) is 2.41. The van der Waals surface area contributed by atoms with Gasteiger partial charge in [-0.3, -0.25) is 4.79 Å². The summed E-state index contributed by atoms with van der Waals surface area (Å²) >= 11 is 0. The monoisotopic (exact) mass is 336 g/mol. The van der Waals surface area contributed by atoms with Crippen LogP contribution in [0.25, 0.3) is 0 Å². The van der Waals surface area contributed by atoms with Crippen LogP contribution < -0.4 is 21.7 Å². The number of carbonyl (C=O) groups is 2. The predicted molar refractivity (Wildman–Crippen MR) is 95.8 cm³/mol. The van der Waals surface area contributed by atoms with E-state index in [1.165, 1.54) is 0 Å². The van der Waals surface area contributed by atoms with Crippen LogP contribution in [0.15, 0.2) is 24.3 Å². The molecule has 0 radical (unpaired) electrons. The number of rotatable bonds is 6. The Balaban J connectivity index is 2.82. The smallest absolute Gasteiger partial charge is 0.319 e. The Morgan fingerprint density at radius 2 is 1.67 bits per heavy atom. The Hall–Kier alpha value is -2.28. The third kappa shape index (κ3) is 6.45. The zero-order valence-corrected chi connectivity index (χ0v) is 14.9. The van der Waals surface area contributed by atoms with E-state index in [2.05, 4.69) is 16.0 Å². The fourth-order valence-electron chi connectivity index (χ4n) is 2.06. The lowest BCUT2D eigenvalue weighted by Gasteiger charge is -2.29. The lowest BCUT2D eigenvalue weighted by Crippen LogP contribution is -2.53. The number of hydrogen-bond donors (Lipinski definition) is 5. The molecule has 0 aromatic heterocycles. The molecular weight excluding hydrogens is 308 g/mol. The lowest BCUT2D eigenvalue weighted by molar-refractivity contribution is -0.122. The van der Waals surface area contributed by atoms with E-state index in [1.807, 2.05) is 26.8 Å². The van der Waals surface area contributed by atoms with Crippen molar-refractivity contribution in [2.75, 3.05) is 17.2 Å². The summed E-state index contributed by atoms with van der Waals surface area (Å²) in [4.78, 5) is 23.8. The third-order valence-electron chi connectivity index (χ3n) is 3.31. The molecule has 0 saturated carbocycles. The van der Waals surface area contributed by atoms with Crippen LogP contribution in [-0.4, -0.2) is 35.2 Å². The maximum Gasteiger partial charge on any atom is 0.319 e. The predicted octanol–water partition coefficient (Wildman–Crippen LogP) is 1.89. The van der Waals surface area contributed by atoms with Gasteiger partial charge in [-0.25, -0.2) is 4.79 Å². The van der Waals surface area contributed by atoms with E-state index >= 15 is 0 Å². The summed E-state index contributed by atoms with van der Waals surface area (Å²) in [6, 6.07) is 5.79. The molecular formula is C17H28N4O3. The summed E-state index contributed by atoms with van der Waals surface area (Å²) in [5, 5.41) is 18.2. The van der Waals surface area contributed by atoms with E-state index in [4.69, 9.17) is 5.73 Å². The van der Waals surface area contributed by atoms with Crippen LogP contribution in [0, 0.1) is 5.41 Å². The molecule has 1 aromatic carbocycles. The molecule has 0 aliphatic carbocycles. The molecule has 0 aliphatic heterocycles. The number of nitrogens with one attached hydrogen (secondary N) is 3. The van der Waals surface area contributed by atoms with E-state index in [-0.39, 0.29) is 0 Å². The van der Waals surface area contributed by atoms with Crippen LogP contribution in [0.3, 0.4) is 0 Å². The van der Waals surface area contributed by atoms with Crippen molar-refractivity contribution >= 4 is 23.3 Å². The Bertz CT molecular complexity index is 588. The van der Waals surface area contributed by atoms with Gasteiger partial charge in [0.1, 0.15) is 6.04 Å². The van der Waals surface area contributed by atoms with Crippen LogP contribution in [0.2, 0.25) is 0 Å². The Morgan fingerprint density at radius 1 is 1.12 bits per heavy atom. The number of aliphatic hydroxyl groups is 1. The number of carbonyl (C=O) groups excluding carboxylic acids is 2. The Morgan fingerprint density at radius 3 is 2.12 bits per heavy atom. The molecule has 6 N–H and O–H groups in total. The summed E-state index contributed by atoms with van der Waals surface area (Å²) in [7, 11) is 0. The first-order chi connectivity index (χ1) is 10.9. The van der Waals surface area contributed by atoms with Gasteiger partial charge in [-0.1, -0.05) is 32.9 Å². The van der Waals surface area contributed by atoms with E-state index in [0.717, 1.165) is 0 Å². The molecule has 0 aliphatic rings. The molecule has 7 nitrogen and oxygen atoms in total.